The van der Waals surface area contributed by atoms with Crippen LogP contribution in [0.25, 0.3) is 22.0 Å². The molecule has 25 heavy (non-hydrogen) atoms. The van der Waals surface area contributed by atoms with Crippen molar-refractivity contribution in [2.45, 2.75) is 20.8 Å². The average Bonchev–Trinajstić information content (AvgIpc) is 3.06. The number of rotatable bonds is 3. The molecule has 0 radical (unpaired) electrons. The Morgan fingerprint density at radius 3 is 2.68 bits per heavy atom. The first kappa shape index (κ1) is 15.3. The standard InChI is InChI=1S/C19H17N5O/c1-11-8-14(25-19-16-10-22-24-17(16)6-7-20-19)4-5-15(11)18-12(2)9-21-23-13(18)3/h4-10H,1-3H3,(H,22,24). The number of nitrogens with one attached hydrogen (secondary N) is 1. The number of ether oxygens (including phenoxy) is 1. The van der Waals surface area contributed by atoms with Crippen molar-refractivity contribution in [1.29, 1.82) is 0 Å². The lowest BCUT2D eigenvalue weighted by Gasteiger charge is -2.13. The van der Waals surface area contributed by atoms with Crippen LogP contribution in [0.15, 0.2) is 42.9 Å². The van der Waals surface area contributed by atoms with E-state index in [0.717, 1.165) is 44.6 Å². The second kappa shape index (κ2) is 5.98. The van der Waals surface area contributed by atoms with Gasteiger partial charge in [0.25, 0.3) is 0 Å². The molecule has 0 fully saturated rings. The highest BCUT2D eigenvalue weighted by molar-refractivity contribution is 5.82. The summed E-state index contributed by atoms with van der Waals surface area (Å²) in [5, 5.41) is 16.0. The molecule has 0 saturated carbocycles. The second-order valence-corrected chi connectivity index (χ2v) is 6.01. The van der Waals surface area contributed by atoms with Crippen molar-refractivity contribution in [2.24, 2.45) is 0 Å². The van der Waals surface area contributed by atoms with E-state index in [2.05, 4.69) is 38.4 Å². The number of aromatic nitrogens is 5. The molecule has 1 N–H and O–H groups in total. The maximum Gasteiger partial charge on any atom is 0.230 e. The average molecular weight is 331 g/mol. The fourth-order valence-corrected chi connectivity index (χ4v) is 3.03. The molecule has 0 amide bonds. The number of aryl methyl sites for hydroxylation is 3. The first-order chi connectivity index (χ1) is 12.1. The van der Waals surface area contributed by atoms with Gasteiger partial charge in [-0.05, 0) is 55.7 Å². The van der Waals surface area contributed by atoms with Gasteiger partial charge >= 0.3 is 0 Å². The summed E-state index contributed by atoms with van der Waals surface area (Å²) in [4.78, 5) is 4.31. The van der Waals surface area contributed by atoms with Gasteiger partial charge < -0.3 is 4.74 Å². The molecule has 0 aliphatic heterocycles. The van der Waals surface area contributed by atoms with Crippen molar-refractivity contribution >= 4 is 10.9 Å². The van der Waals surface area contributed by atoms with Gasteiger partial charge in [-0.25, -0.2) is 4.98 Å². The lowest BCUT2D eigenvalue weighted by atomic mass is 9.96. The molecule has 0 aliphatic carbocycles. The van der Waals surface area contributed by atoms with Crippen molar-refractivity contribution in [3.63, 3.8) is 0 Å². The number of fused-ring (bicyclic) bond motifs is 1. The summed E-state index contributed by atoms with van der Waals surface area (Å²) < 4.78 is 5.98. The largest absolute Gasteiger partial charge is 0.438 e. The number of H-pyrrole nitrogens is 1. The minimum absolute atomic E-state index is 0.538. The fraction of sp³-hybridized carbons (Fsp3) is 0.158. The smallest absolute Gasteiger partial charge is 0.230 e. The lowest BCUT2D eigenvalue weighted by Crippen LogP contribution is -1.96. The molecule has 3 aromatic heterocycles. The molecular formula is C19H17N5O. The molecule has 3 heterocycles. The fourth-order valence-electron chi connectivity index (χ4n) is 3.03. The minimum Gasteiger partial charge on any atom is -0.438 e. The van der Waals surface area contributed by atoms with Gasteiger partial charge in [0.1, 0.15) is 5.75 Å². The number of hydrogen-bond donors (Lipinski definition) is 1. The van der Waals surface area contributed by atoms with Crippen molar-refractivity contribution in [1.82, 2.24) is 25.4 Å². The predicted molar refractivity (Wildman–Crippen MR) is 95.6 cm³/mol. The van der Waals surface area contributed by atoms with Crippen LogP contribution >= 0.6 is 0 Å². The van der Waals surface area contributed by atoms with E-state index in [-0.39, 0.29) is 0 Å². The van der Waals surface area contributed by atoms with Gasteiger partial charge in [-0.1, -0.05) is 6.07 Å². The Kier molecular flexibility index (Phi) is 3.65. The summed E-state index contributed by atoms with van der Waals surface area (Å²) in [7, 11) is 0. The van der Waals surface area contributed by atoms with Crippen LogP contribution in [-0.4, -0.2) is 25.4 Å². The first-order valence-electron chi connectivity index (χ1n) is 7.99. The monoisotopic (exact) mass is 331 g/mol. The summed E-state index contributed by atoms with van der Waals surface area (Å²) in [6.07, 6.45) is 5.20. The normalized spacial score (nSPS) is 11.0. The number of benzene rings is 1. The highest BCUT2D eigenvalue weighted by Gasteiger charge is 2.12. The van der Waals surface area contributed by atoms with E-state index in [9.17, 15) is 0 Å². The molecule has 6 nitrogen and oxygen atoms in total. The Morgan fingerprint density at radius 2 is 1.88 bits per heavy atom. The minimum atomic E-state index is 0.538. The van der Waals surface area contributed by atoms with Gasteiger partial charge in [-0.3, -0.25) is 5.10 Å². The molecule has 0 aliphatic rings. The van der Waals surface area contributed by atoms with Gasteiger partial charge in [0, 0.05) is 11.8 Å². The van der Waals surface area contributed by atoms with Crippen LogP contribution < -0.4 is 4.74 Å². The first-order valence-corrected chi connectivity index (χ1v) is 7.99. The summed E-state index contributed by atoms with van der Waals surface area (Å²) in [6.45, 7) is 6.08. The zero-order valence-corrected chi connectivity index (χ0v) is 14.2. The Bertz CT molecular complexity index is 1050. The second-order valence-electron chi connectivity index (χ2n) is 6.01. The third kappa shape index (κ3) is 2.71. The molecule has 0 atom stereocenters. The molecule has 1 aromatic carbocycles. The zero-order valence-electron chi connectivity index (χ0n) is 14.2. The van der Waals surface area contributed by atoms with E-state index in [0.29, 0.717) is 5.88 Å². The highest BCUT2D eigenvalue weighted by Crippen LogP contribution is 2.33. The van der Waals surface area contributed by atoms with E-state index in [1.54, 1.807) is 18.6 Å². The summed E-state index contributed by atoms with van der Waals surface area (Å²) >= 11 is 0. The molecular weight excluding hydrogens is 314 g/mol. The Balaban J connectivity index is 1.72. The maximum atomic E-state index is 5.98. The van der Waals surface area contributed by atoms with Crippen LogP contribution in [-0.2, 0) is 0 Å². The van der Waals surface area contributed by atoms with Gasteiger partial charge in [0.15, 0.2) is 0 Å². The maximum absolute atomic E-state index is 5.98. The Morgan fingerprint density at radius 1 is 1.00 bits per heavy atom. The van der Waals surface area contributed by atoms with Crippen LogP contribution in [0.4, 0.5) is 0 Å². The summed E-state index contributed by atoms with van der Waals surface area (Å²) in [6, 6.07) is 7.88. The van der Waals surface area contributed by atoms with E-state index in [1.165, 1.54) is 0 Å². The molecule has 0 saturated heterocycles. The zero-order chi connectivity index (χ0) is 17.4. The third-order valence-corrected chi connectivity index (χ3v) is 4.23. The number of aromatic amines is 1. The number of pyridine rings is 1. The van der Waals surface area contributed by atoms with Crippen LogP contribution in [0.2, 0.25) is 0 Å². The van der Waals surface area contributed by atoms with Gasteiger partial charge in [0.2, 0.25) is 5.88 Å². The van der Waals surface area contributed by atoms with Gasteiger partial charge in [-0.2, -0.15) is 15.3 Å². The Labute approximate surface area is 144 Å². The molecule has 0 unspecified atom stereocenters. The Hall–Kier alpha value is -3.28. The lowest BCUT2D eigenvalue weighted by molar-refractivity contribution is 0.469. The molecule has 124 valence electrons. The summed E-state index contributed by atoms with van der Waals surface area (Å²) in [5.41, 5.74) is 6.28. The van der Waals surface area contributed by atoms with Crippen LogP contribution in [0.5, 0.6) is 11.6 Å². The number of hydrogen-bond acceptors (Lipinski definition) is 5. The van der Waals surface area contributed by atoms with Crippen molar-refractivity contribution < 1.29 is 4.74 Å². The van der Waals surface area contributed by atoms with Gasteiger partial charge in [0.05, 0.1) is 29.0 Å². The van der Waals surface area contributed by atoms with Crippen LogP contribution in [0, 0.1) is 20.8 Å². The molecule has 4 aromatic rings. The van der Waals surface area contributed by atoms with E-state index in [4.69, 9.17) is 4.74 Å². The van der Waals surface area contributed by atoms with Gasteiger partial charge in [-0.15, -0.1) is 0 Å². The van der Waals surface area contributed by atoms with Crippen molar-refractivity contribution in [2.75, 3.05) is 0 Å². The molecule has 4 rings (SSSR count). The van der Waals surface area contributed by atoms with E-state index >= 15 is 0 Å². The molecule has 6 heteroatoms. The van der Waals surface area contributed by atoms with E-state index in [1.807, 2.05) is 32.0 Å². The van der Waals surface area contributed by atoms with Crippen molar-refractivity contribution in [3.8, 4) is 22.8 Å². The van der Waals surface area contributed by atoms with Crippen LogP contribution in [0.3, 0.4) is 0 Å². The molecule has 0 bridgehead atoms. The van der Waals surface area contributed by atoms with Crippen LogP contribution in [0.1, 0.15) is 16.8 Å². The van der Waals surface area contributed by atoms with E-state index < -0.39 is 0 Å². The van der Waals surface area contributed by atoms with Crippen molar-refractivity contribution in [3.05, 3.63) is 59.7 Å². The molecule has 0 spiro atoms. The quantitative estimate of drug-likeness (QED) is 0.611. The number of nitrogens with zero attached hydrogens (tertiary/aromatic N) is 4. The predicted octanol–water partition coefficient (Wildman–Crippen LogP) is 4.13. The third-order valence-electron chi connectivity index (χ3n) is 4.23. The highest BCUT2D eigenvalue weighted by atomic mass is 16.5. The topological polar surface area (TPSA) is 76.6 Å². The summed E-state index contributed by atoms with van der Waals surface area (Å²) in [5.74, 6) is 1.27. The SMILES string of the molecule is Cc1cc(Oc2nccc3[nH]ncc23)ccc1-c1c(C)cnnc1C.